The third-order valence-electron chi connectivity index (χ3n) is 4.99. The maximum Gasteiger partial charge on any atom is 0.124 e. The minimum atomic E-state index is 0.342. The Morgan fingerprint density at radius 3 is 2.80 bits per heavy atom. The zero-order valence-electron chi connectivity index (χ0n) is 13.1. The van der Waals surface area contributed by atoms with Crippen molar-refractivity contribution in [1.82, 2.24) is 5.32 Å². The smallest absolute Gasteiger partial charge is 0.124 e. The monoisotopic (exact) mass is 273 g/mol. The molecule has 1 heterocycles. The Morgan fingerprint density at radius 2 is 2.05 bits per heavy atom. The van der Waals surface area contributed by atoms with Crippen LogP contribution in [0.4, 0.5) is 0 Å². The zero-order valence-corrected chi connectivity index (χ0v) is 13.1. The van der Waals surface area contributed by atoms with Gasteiger partial charge in [0.25, 0.3) is 0 Å². The van der Waals surface area contributed by atoms with Gasteiger partial charge < -0.3 is 10.1 Å². The summed E-state index contributed by atoms with van der Waals surface area (Å²) in [6.07, 6.45) is 5.00. The van der Waals surface area contributed by atoms with E-state index in [0.29, 0.717) is 10.8 Å². The van der Waals surface area contributed by atoms with Gasteiger partial charge in [-0.05, 0) is 49.3 Å². The van der Waals surface area contributed by atoms with Crippen LogP contribution >= 0.6 is 0 Å². The molecule has 1 aliphatic carbocycles. The van der Waals surface area contributed by atoms with Crippen LogP contribution in [0.1, 0.15) is 51.2 Å². The van der Waals surface area contributed by atoms with Crippen LogP contribution in [0.2, 0.25) is 0 Å². The van der Waals surface area contributed by atoms with Gasteiger partial charge in [-0.2, -0.15) is 0 Å². The number of hydrogen-bond acceptors (Lipinski definition) is 2. The van der Waals surface area contributed by atoms with E-state index in [4.69, 9.17) is 4.74 Å². The van der Waals surface area contributed by atoms with Crippen LogP contribution in [0, 0.1) is 10.8 Å². The van der Waals surface area contributed by atoms with E-state index in [2.05, 4.69) is 44.3 Å². The second kappa shape index (κ2) is 5.07. The van der Waals surface area contributed by atoms with Crippen LogP contribution in [-0.2, 0) is 13.0 Å². The Balaban J connectivity index is 1.70. The van der Waals surface area contributed by atoms with Gasteiger partial charge in [0.05, 0.1) is 6.61 Å². The number of rotatable bonds is 3. The number of benzene rings is 1. The SMILES string of the molecule is CC1(C)CCC(C)(COc2cccc3c2CNCC3)C1. The number of hydrogen-bond donors (Lipinski definition) is 1. The van der Waals surface area contributed by atoms with Crippen LogP contribution in [-0.4, -0.2) is 13.2 Å². The molecule has 1 unspecified atom stereocenters. The van der Waals surface area contributed by atoms with Crippen LogP contribution in [0.3, 0.4) is 0 Å². The highest BCUT2D eigenvalue weighted by Gasteiger charge is 2.40. The third-order valence-corrected chi connectivity index (χ3v) is 4.99. The van der Waals surface area contributed by atoms with Crippen LogP contribution in [0.15, 0.2) is 18.2 Å². The average Bonchev–Trinajstić information content (AvgIpc) is 2.71. The molecule has 2 nitrogen and oxygen atoms in total. The minimum Gasteiger partial charge on any atom is -0.493 e. The first-order valence-corrected chi connectivity index (χ1v) is 7.92. The average molecular weight is 273 g/mol. The molecule has 0 saturated heterocycles. The first-order valence-electron chi connectivity index (χ1n) is 7.92. The van der Waals surface area contributed by atoms with Crippen LogP contribution in [0.5, 0.6) is 5.75 Å². The molecule has 1 atom stereocenters. The fraction of sp³-hybridized carbons (Fsp3) is 0.667. The largest absolute Gasteiger partial charge is 0.493 e. The summed E-state index contributed by atoms with van der Waals surface area (Å²) in [5.74, 6) is 1.10. The molecule has 110 valence electrons. The van der Waals surface area contributed by atoms with Crippen molar-refractivity contribution in [3.05, 3.63) is 29.3 Å². The molecular weight excluding hydrogens is 246 g/mol. The van der Waals surface area contributed by atoms with E-state index >= 15 is 0 Å². The number of fused-ring (bicyclic) bond motifs is 1. The van der Waals surface area contributed by atoms with Crippen molar-refractivity contribution in [2.24, 2.45) is 10.8 Å². The quantitative estimate of drug-likeness (QED) is 0.901. The van der Waals surface area contributed by atoms with E-state index in [1.807, 2.05) is 0 Å². The summed E-state index contributed by atoms with van der Waals surface area (Å²) >= 11 is 0. The Hall–Kier alpha value is -1.02. The Bertz CT molecular complexity index is 494. The van der Waals surface area contributed by atoms with Gasteiger partial charge >= 0.3 is 0 Å². The Morgan fingerprint density at radius 1 is 1.20 bits per heavy atom. The highest BCUT2D eigenvalue weighted by Crippen LogP contribution is 2.49. The molecule has 0 radical (unpaired) electrons. The summed E-state index contributed by atoms with van der Waals surface area (Å²) in [6, 6.07) is 6.51. The molecule has 3 rings (SSSR count). The fourth-order valence-electron chi connectivity index (χ4n) is 3.97. The van der Waals surface area contributed by atoms with Gasteiger partial charge in [0, 0.05) is 17.5 Å². The molecule has 1 aliphatic heterocycles. The molecule has 0 amide bonds. The predicted molar refractivity (Wildman–Crippen MR) is 83.1 cm³/mol. The predicted octanol–water partition coefficient (Wildman–Crippen LogP) is 3.93. The first kappa shape index (κ1) is 13.9. The van der Waals surface area contributed by atoms with Crippen molar-refractivity contribution >= 4 is 0 Å². The molecule has 20 heavy (non-hydrogen) atoms. The van der Waals surface area contributed by atoms with E-state index in [9.17, 15) is 0 Å². The molecule has 0 aromatic heterocycles. The third kappa shape index (κ3) is 2.85. The maximum absolute atomic E-state index is 6.24. The molecule has 2 heteroatoms. The molecule has 1 fully saturated rings. The van der Waals surface area contributed by atoms with Gasteiger partial charge in [-0.1, -0.05) is 32.9 Å². The molecular formula is C18H27NO. The summed E-state index contributed by atoms with van der Waals surface area (Å²) in [7, 11) is 0. The lowest BCUT2D eigenvalue weighted by molar-refractivity contribution is 0.152. The molecule has 1 aromatic carbocycles. The summed E-state index contributed by atoms with van der Waals surface area (Å²) in [5.41, 5.74) is 3.65. The molecule has 1 saturated carbocycles. The molecule has 0 spiro atoms. The van der Waals surface area contributed by atoms with Crippen molar-refractivity contribution in [2.75, 3.05) is 13.2 Å². The summed E-state index contributed by atoms with van der Waals surface area (Å²) in [4.78, 5) is 0. The Labute approximate surface area is 122 Å². The lowest BCUT2D eigenvalue weighted by Crippen LogP contribution is -2.26. The van der Waals surface area contributed by atoms with Crippen molar-refractivity contribution in [2.45, 2.75) is 53.0 Å². The summed E-state index contributed by atoms with van der Waals surface area (Å²) < 4.78 is 6.24. The fourth-order valence-corrected chi connectivity index (χ4v) is 3.97. The first-order chi connectivity index (χ1) is 9.48. The van der Waals surface area contributed by atoms with E-state index < -0.39 is 0 Å². The highest BCUT2D eigenvalue weighted by atomic mass is 16.5. The molecule has 1 N–H and O–H groups in total. The van der Waals surface area contributed by atoms with Gasteiger partial charge in [0.1, 0.15) is 5.75 Å². The number of nitrogens with one attached hydrogen (secondary N) is 1. The van der Waals surface area contributed by atoms with Gasteiger partial charge in [0.2, 0.25) is 0 Å². The van der Waals surface area contributed by atoms with Crippen LogP contribution in [0.25, 0.3) is 0 Å². The lowest BCUT2D eigenvalue weighted by atomic mass is 9.84. The lowest BCUT2D eigenvalue weighted by Gasteiger charge is -2.28. The Kier molecular flexibility index (Phi) is 3.53. The zero-order chi connectivity index (χ0) is 14.2. The summed E-state index contributed by atoms with van der Waals surface area (Å²) in [6.45, 7) is 10.0. The second-order valence-electron chi connectivity index (χ2n) is 7.76. The standard InChI is InChI=1S/C18H27NO/c1-17(2)8-9-18(3,12-17)13-20-16-6-4-5-14-7-10-19-11-15(14)16/h4-6,19H,7-13H2,1-3H3. The minimum absolute atomic E-state index is 0.342. The second-order valence-corrected chi connectivity index (χ2v) is 7.76. The maximum atomic E-state index is 6.24. The van der Waals surface area contributed by atoms with E-state index in [1.54, 1.807) is 0 Å². The van der Waals surface area contributed by atoms with Crippen molar-refractivity contribution in [3.8, 4) is 5.75 Å². The normalized spacial score (nSPS) is 28.1. The topological polar surface area (TPSA) is 21.3 Å². The van der Waals surface area contributed by atoms with Crippen LogP contribution < -0.4 is 10.1 Å². The van der Waals surface area contributed by atoms with Gasteiger partial charge in [-0.25, -0.2) is 0 Å². The van der Waals surface area contributed by atoms with E-state index in [-0.39, 0.29) is 0 Å². The van der Waals surface area contributed by atoms with Gasteiger partial charge in [0.15, 0.2) is 0 Å². The highest BCUT2D eigenvalue weighted by molar-refractivity contribution is 5.41. The van der Waals surface area contributed by atoms with E-state index in [0.717, 1.165) is 31.9 Å². The van der Waals surface area contributed by atoms with Gasteiger partial charge in [-0.15, -0.1) is 0 Å². The number of ether oxygens (including phenoxy) is 1. The van der Waals surface area contributed by atoms with Crippen molar-refractivity contribution in [3.63, 3.8) is 0 Å². The van der Waals surface area contributed by atoms with E-state index in [1.165, 1.54) is 30.4 Å². The van der Waals surface area contributed by atoms with Gasteiger partial charge in [-0.3, -0.25) is 0 Å². The molecule has 0 bridgehead atoms. The van der Waals surface area contributed by atoms with Crippen molar-refractivity contribution in [1.29, 1.82) is 0 Å². The molecule has 2 aliphatic rings. The summed E-state index contributed by atoms with van der Waals surface area (Å²) in [5, 5.41) is 3.45. The molecule has 1 aromatic rings. The van der Waals surface area contributed by atoms with Crippen molar-refractivity contribution < 1.29 is 4.74 Å².